The van der Waals surface area contributed by atoms with Gasteiger partial charge in [-0.25, -0.2) is 4.39 Å². The second-order valence-corrected chi connectivity index (χ2v) is 3.13. The molecule has 2 rings (SSSR count). The van der Waals surface area contributed by atoms with Crippen molar-refractivity contribution in [1.82, 2.24) is 0 Å². The molecule has 1 aliphatic rings. The van der Waals surface area contributed by atoms with Crippen molar-refractivity contribution in [3.8, 4) is 0 Å². The van der Waals surface area contributed by atoms with Gasteiger partial charge in [-0.05, 0) is 17.5 Å². The Labute approximate surface area is 76.5 Å². The molecule has 0 fully saturated rings. The van der Waals surface area contributed by atoms with Crippen molar-refractivity contribution in [2.75, 3.05) is 0 Å². The number of halogens is 1. The Kier molecular flexibility index (Phi) is 2.10. The summed E-state index contributed by atoms with van der Waals surface area (Å²) in [7, 11) is -1.08. The van der Waals surface area contributed by atoms with E-state index in [0.29, 0.717) is 24.1 Å². The molecule has 0 bridgehead atoms. The van der Waals surface area contributed by atoms with Gasteiger partial charge in [0.25, 0.3) is 0 Å². The summed E-state index contributed by atoms with van der Waals surface area (Å²) in [6.07, 6.45) is 0.631. The lowest BCUT2D eigenvalue weighted by Crippen LogP contribution is -2.31. The summed E-state index contributed by atoms with van der Waals surface area (Å²) in [6.45, 7) is 2.18. The topological polar surface area (TPSA) is 29.5 Å². The standard InChI is InChI=1S/C9H10BFO2/c1-2-6-3-4-7-5-13-10(12)8(7)9(6)11/h3-4,12H,2,5H2,1H3. The van der Waals surface area contributed by atoms with Gasteiger partial charge in [0.15, 0.2) is 0 Å². The van der Waals surface area contributed by atoms with Crippen LogP contribution in [0.25, 0.3) is 0 Å². The molecule has 4 heteroatoms. The lowest BCUT2D eigenvalue weighted by molar-refractivity contribution is 0.275. The molecule has 0 aromatic heterocycles. The van der Waals surface area contributed by atoms with Crippen LogP contribution in [0.3, 0.4) is 0 Å². The number of rotatable bonds is 1. The molecule has 0 atom stereocenters. The molecule has 1 N–H and O–H groups in total. The zero-order chi connectivity index (χ0) is 9.42. The van der Waals surface area contributed by atoms with Gasteiger partial charge >= 0.3 is 7.12 Å². The predicted molar refractivity (Wildman–Crippen MR) is 48.2 cm³/mol. The van der Waals surface area contributed by atoms with E-state index in [2.05, 4.69) is 0 Å². The third-order valence-corrected chi connectivity index (χ3v) is 2.37. The molecule has 1 aliphatic heterocycles. The van der Waals surface area contributed by atoms with Gasteiger partial charge in [0.2, 0.25) is 0 Å². The van der Waals surface area contributed by atoms with E-state index >= 15 is 0 Å². The SMILES string of the molecule is CCc1ccc2c(c1F)B(O)OC2. The van der Waals surface area contributed by atoms with Gasteiger partial charge in [-0.1, -0.05) is 19.1 Å². The molecule has 0 unspecified atom stereocenters. The first-order valence-electron chi connectivity index (χ1n) is 4.34. The summed E-state index contributed by atoms with van der Waals surface area (Å²) in [5, 5.41) is 9.32. The van der Waals surface area contributed by atoms with Gasteiger partial charge < -0.3 is 9.68 Å². The minimum atomic E-state index is -1.08. The Morgan fingerprint density at radius 3 is 3.08 bits per heavy atom. The molecule has 1 aromatic rings. The van der Waals surface area contributed by atoms with E-state index in [1.807, 2.05) is 13.0 Å². The quantitative estimate of drug-likeness (QED) is 0.641. The van der Waals surface area contributed by atoms with Gasteiger partial charge in [0.1, 0.15) is 5.82 Å². The van der Waals surface area contributed by atoms with Crippen molar-refractivity contribution >= 4 is 12.6 Å². The number of fused-ring (bicyclic) bond motifs is 1. The number of aryl methyl sites for hydroxylation is 1. The molecule has 2 nitrogen and oxygen atoms in total. The second-order valence-electron chi connectivity index (χ2n) is 3.13. The fourth-order valence-corrected chi connectivity index (χ4v) is 1.60. The third kappa shape index (κ3) is 1.26. The molecule has 0 spiro atoms. The minimum Gasteiger partial charge on any atom is -0.423 e. The highest BCUT2D eigenvalue weighted by atomic mass is 19.1. The Balaban J connectivity index is 2.56. The maximum atomic E-state index is 13.6. The van der Waals surface area contributed by atoms with Crippen molar-refractivity contribution < 1.29 is 14.1 Å². The van der Waals surface area contributed by atoms with Crippen LogP contribution in [0, 0.1) is 5.82 Å². The molecule has 1 aromatic carbocycles. The molecule has 0 radical (unpaired) electrons. The normalized spacial score (nSPS) is 14.8. The highest BCUT2D eigenvalue weighted by Gasteiger charge is 2.31. The van der Waals surface area contributed by atoms with E-state index in [9.17, 15) is 9.41 Å². The van der Waals surface area contributed by atoms with Crippen LogP contribution in [0.2, 0.25) is 0 Å². The second kappa shape index (κ2) is 3.12. The lowest BCUT2D eigenvalue weighted by atomic mass is 9.78. The van der Waals surface area contributed by atoms with Crippen LogP contribution >= 0.6 is 0 Å². The van der Waals surface area contributed by atoms with Crippen LogP contribution in [-0.4, -0.2) is 12.1 Å². The third-order valence-electron chi connectivity index (χ3n) is 2.37. The van der Waals surface area contributed by atoms with E-state index in [4.69, 9.17) is 4.65 Å². The van der Waals surface area contributed by atoms with Crippen LogP contribution in [0.4, 0.5) is 4.39 Å². The van der Waals surface area contributed by atoms with Gasteiger partial charge in [0.05, 0.1) is 6.61 Å². The van der Waals surface area contributed by atoms with Crippen molar-refractivity contribution in [2.45, 2.75) is 20.0 Å². The Morgan fingerprint density at radius 1 is 1.62 bits per heavy atom. The molecule has 0 amide bonds. The number of benzene rings is 1. The molecule has 13 heavy (non-hydrogen) atoms. The average Bonchev–Trinajstić information content (AvgIpc) is 2.49. The van der Waals surface area contributed by atoms with Crippen LogP contribution in [0.5, 0.6) is 0 Å². The summed E-state index contributed by atoms with van der Waals surface area (Å²) in [5.41, 5.74) is 1.70. The zero-order valence-corrected chi connectivity index (χ0v) is 7.38. The molecular formula is C9H10BFO2. The summed E-state index contributed by atoms with van der Waals surface area (Å²) in [6, 6.07) is 3.56. The van der Waals surface area contributed by atoms with E-state index < -0.39 is 7.12 Å². The summed E-state index contributed by atoms with van der Waals surface area (Å²) >= 11 is 0. The fraction of sp³-hybridized carbons (Fsp3) is 0.333. The van der Waals surface area contributed by atoms with E-state index in [1.54, 1.807) is 6.07 Å². The average molecular weight is 180 g/mol. The van der Waals surface area contributed by atoms with Crippen LogP contribution in [0.1, 0.15) is 18.1 Å². The van der Waals surface area contributed by atoms with Gasteiger partial charge in [0, 0.05) is 5.46 Å². The van der Waals surface area contributed by atoms with E-state index in [-0.39, 0.29) is 5.82 Å². The predicted octanol–water partition coefficient (Wildman–Crippen LogP) is 0.606. The van der Waals surface area contributed by atoms with Crippen molar-refractivity contribution in [2.24, 2.45) is 0 Å². The lowest BCUT2D eigenvalue weighted by Gasteiger charge is -2.04. The number of hydrogen-bond donors (Lipinski definition) is 1. The molecule has 0 aliphatic carbocycles. The van der Waals surface area contributed by atoms with Crippen LogP contribution < -0.4 is 5.46 Å². The van der Waals surface area contributed by atoms with E-state index in [1.165, 1.54) is 0 Å². The minimum absolute atomic E-state index is 0.303. The summed E-state index contributed by atoms with van der Waals surface area (Å²) < 4.78 is 18.5. The van der Waals surface area contributed by atoms with Crippen LogP contribution in [0.15, 0.2) is 12.1 Å². The van der Waals surface area contributed by atoms with Crippen molar-refractivity contribution in [3.63, 3.8) is 0 Å². The maximum Gasteiger partial charge on any atom is 0.494 e. The van der Waals surface area contributed by atoms with Crippen molar-refractivity contribution in [3.05, 3.63) is 29.1 Å². The molecule has 68 valence electrons. The monoisotopic (exact) mass is 180 g/mol. The summed E-state index contributed by atoms with van der Waals surface area (Å²) in [4.78, 5) is 0. The molecule has 1 heterocycles. The maximum absolute atomic E-state index is 13.6. The first-order valence-corrected chi connectivity index (χ1v) is 4.34. The Hall–Kier alpha value is -0.865. The Bertz CT molecular complexity index is 341. The van der Waals surface area contributed by atoms with Gasteiger partial charge in [-0.2, -0.15) is 0 Å². The van der Waals surface area contributed by atoms with Gasteiger partial charge in [-0.3, -0.25) is 0 Å². The highest BCUT2D eigenvalue weighted by molar-refractivity contribution is 6.61. The summed E-state index contributed by atoms with van der Waals surface area (Å²) in [5.74, 6) is -0.315. The fourth-order valence-electron chi connectivity index (χ4n) is 1.60. The first kappa shape index (κ1) is 8.72. The largest absolute Gasteiger partial charge is 0.494 e. The molecule has 0 saturated carbocycles. The van der Waals surface area contributed by atoms with Crippen molar-refractivity contribution in [1.29, 1.82) is 0 Å². The van der Waals surface area contributed by atoms with Gasteiger partial charge in [-0.15, -0.1) is 0 Å². The number of hydrogen-bond acceptors (Lipinski definition) is 2. The smallest absolute Gasteiger partial charge is 0.423 e. The highest BCUT2D eigenvalue weighted by Crippen LogP contribution is 2.15. The molecular weight excluding hydrogens is 170 g/mol. The van der Waals surface area contributed by atoms with Crippen LogP contribution in [-0.2, 0) is 17.7 Å². The first-order chi connectivity index (χ1) is 6.24. The molecule has 0 saturated heterocycles. The Morgan fingerprint density at radius 2 is 2.38 bits per heavy atom. The zero-order valence-electron chi connectivity index (χ0n) is 7.38. The van der Waals surface area contributed by atoms with E-state index in [0.717, 1.165) is 5.56 Å².